The number of carbonyl (C=O) groups excluding carboxylic acids is 2. The van der Waals surface area contributed by atoms with Gasteiger partial charge in [-0.3, -0.25) is 13.9 Å². The second-order valence-electron chi connectivity index (χ2n) is 8.99. The quantitative estimate of drug-likeness (QED) is 0.316. The maximum atomic E-state index is 13.8. The fourth-order valence-corrected chi connectivity index (χ4v) is 5.35. The molecule has 0 radical (unpaired) electrons. The minimum Gasteiger partial charge on any atom is -0.497 e. The summed E-state index contributed by atoms with van der Waals surface area (Å²) < 4.78 is 47.3. The molecule has 2 amide bonds. The molecule has 10 heteroatoms. The molecular formula is C29H34FN3O5S. The summed E-state index contributed by atoms with van der Waals surface area (Å²) >= 11 is 0. The van der Waals surface area contributed by atoms with Gasteiger partial charge in [0.2, 0.25) is 11.8 Å². The molecule has 0 aromatic heterocycles. The van der Waals surface area contributed by atoms with E-state index in [1.165, 1.54) is 54.5 Å². The average Bonchev–Trinajstić information content (AvgIpc) is 2.95. The van der Waals surface area contributed by atoms with Crippen LogP contribution in [0.2, 0.25) is 0 Å². The Bertz CT molecular complexity index is 1350. The molecule has 208 valence electrons. The van der Waals surface area contributed by atoms with Gasteiger partial charge in [0.25, 0.3) is 10.0 Å². The Labute approximate surface area is 229 Å². The summed E-state index contributed by atoms with van der Waals surface area (Å²) in [5, 5.41) is 2.83. The second kappa shape index (κ2) is 13.7. The van der Waals surface area contributed by atoms with E-state index in [4.69, 9.17) is 4.74 Å². The minimum absolute atomic E-state index is 0.0102. The summed E-state index contributed by atoms with van der Waals surface area (Å²) in [6.07, 6.45) is 1.67. The summed E-state index contributed by atoms with van der Waals surface area (Å²) in [5.74, 6) is -0.974. The van der Waals surface area contributed by atoms with E-state index in [2.05, 4.69) is 5.32 Å². The number of rotatable bonds is 13. The lowest BCUT2D eigenvalue weighted by Crippen LogP contribution is -2.51. The fourth-order valence-electron chi connectivity index (χ4n) is 3.92. The molecule has 1 atom stereocenters. The van der Waals surface area contributed by atoms with E-state index in [1.54, 1.807) is 43.3 Å². The molecule has 3 rings (SSSR count). The number of sulfonamides is 1. The van der Waals surface area contributed by atoms with Crippen LogP contribution in [0.5, 0.6) is 5.75 Å². The number of methoxy groups -OCH3 is 1. The lowest BCUT2D eigenvalue weighted by atomic mass is 10.1. The number of nitrogens with zero attached hydrogens (tertiary/aromatic N) is 2. The molecule has 0 aliphatic carbocycles. The third kappa shape index (κ3) is 7.79. The Morgan fingerprint density at radius 2 is 1.69 bits per heavy atom. The Morgan fingerprint density at radius 3 is 2.33 bits per heavy atom. The Balaban J connectivity index is 2.00. The van der Waals surface area contributed by atoms with Crippen molar-refractivity contribution in [3.63, 3.8) is 0 Å². The normalized spacial score (nSPS) is 11.9. The molecule has 3 aromatic rings. The number of ether oxygens (including phenoxy) is 1. The molecule has 3 aromatic carbocycles. The first-order chi connectivity index (χ1) is 18.7. The predicted octanol–water partition coefficient (Wildman–Crippen LogP) is 4.36. The number of hydrogen-bond acceptors (Lipinski definition) is 5. The third-order valence-electron chi connectivity index (χ3n) is 6.21. The van der Waals surface area contributed by atoms with Gasteiger partial charge in [-0.2, -0.15) is 0 Å². The largest absolute Gasteiger partial charge is 0.497 e. The lowest BCUT2D eigenvalue weighted by molar-refractivity contribution is -0.139. The number of benzene rings is 3. The zero-order valence-corrected chi connectivity index (χ0v) is 23.2. The van der Waals surface area contributed by atoms with Crippen LogP contribution in [0.4, 0.5) is 10.1 Å². The van der Waals surface area contributed by atoms with E-state index < -0.39 is 34.3 Å². The van der Waals surface area contributed by atoms with Crippen molar-refractivity contribution in [2.75, 3.05) is 24.5 Å². The van der Waals surface area contributed by atoms with Crippen LogP contribution in [0.25, 0.3) is 0 Å². The van der Waals surface area contributed by atoms with E-state index in [-0.39, 0.29) is 23.0 Å². The molecular weight excluding hydrogens is 521 g/mol. The first kappa shape index (κ1) is 29.6. The molecule has 0 spiro atoms. The van der Waals surface area contributed by atoms with E-state index in [0.717, 1.165) is 17.1 Å². The molecule has 0 saturated carbocycles. The van der Waals surface area contributed by atoms with Gasteiger partial charge < -0.3 is 15.0 Å². The molecule has 8 nitrogen and oxygen atoms in total. The molecule has 0 bridgehead atoms. The van der Waals surface area contributed by atoms with Crippen LogP contribution in [-0.4, -0.2) is 51.4 Å². The second-order valence-corrected chi connectivity index (χ2v) is 10.9. The topological polar surface area (TPSA) is 96.0 Å². The van der Waals surface area contributed by atoms with Gasteiger partial charge in [0.15, 0.2) is 0 Å². The van der Waals surface area contributed by atoms with E-state index in [1.807, 2.05) is 6.92 Å². The summed E-state index contributed by atoms with van der Waals surface area (Å²) in [7, 11) is -2.71. The zero-order chi connectivity index (χ0) is 28.4. The number of hydrogen-bond donors (Lipinski definition) is 1. The van der Waals surface area contributed by atoms with Crippen molar-refractivity contribution in [2.45, 2.75) is 44.2 Å². The molecule has 0 aliphatic heterocycles. The van der Waals surface area contributed by atoms with Crippen molar-refractivity contribution in [1.29, 1.82) is 0 Å². The number of halogens is 1. The summed E-state index contributed by atoms with van der Waals surface area (Å²) in [4.78, 5) is 28.1. The summed E-state index contributed by atoms with van der Waals surface area (Å²) in [6, 6.07) is 18.9. The van der Waals surface area contributed by atoms with Gasteiger partial charge in [0.05, 0.1) is 17.7 Å². The van der Waals surface area contributed by atoms with Crippen molar-refractivity contribution >= 4 is 27.5 Å². The van der Waals surface area contributed by atoms with Crippen LogP contribution in [-0.2, 0) is 26.2 Å². The van der Waals surface area contributed by atoms with Gasteiger partial charge >= 0.3 is 0 Å². The fraction of sp³-hybridized carbons (Fsp3) is 0.310. The highest BCUT2D eigenvalue weighted by molar-refractivity contribution is 7.92. The van der Waals surface area contributed by atoms with Gasteiger partial charge in [-0.15, -0.1) is 0 Å². The van der Waals surface area contributed by atoms with Crippen molar-refractivity contribution in [1.82, 2.24) is 10.2 Å². The number of nitrogens with one attached hydrogen (secondary N) is 1. The van der Waals surface area contributed by atoms with Crippen molar-refractivity contribution in [3.05, 3.63) is 90.2 Å². The Hall–Kier alpha value is -3.92. The molecule has 0 heterocycles. The van der Waals surface area contributed by atoms with Crippen molar-refractivity contribution in [2.24, 2.45) is 0 Å². The monoisotopic (exact) mass is 555 g/mol. The predicted molar refractivity (Wildman–Crippen MR) is 148 cm³/mol. The SMILES string of the molecule is CCCCNC(=O)[C@@H](C)N(Cc1ccc(F)cc1)C(=O)CN(c1cccc(OC)c1)S(=O)(=O)c1ccccc1. The van der Waals surface area contributed by atoms with Crippen LogP contribution < -0.4 is 14.4 Å². The van der Waals surface area contributed by atoms with Gasteiger partial charge in [-0.25, -0.2) is 12.8 Å². The zero-order valence-electron chi connectivity index (χ0n) is 22.3. The first-order valence-electron chi connectivity index (χ1n) is 12.7. The highest BCUT2D eigenvalue weighted by atomic mass is 32.2. The number of carbonyl (C=O) groups is 2. The average molecular weight is 556 g/mol. The smallest absolute Gasteiger partial charge is 0.264 e. The molecule has 0 fully saturated rings. The first-order valence-corrected chi connectivity index (χ1v) is 14.1. The van der Waals surface area contributed by atoms with E-state index in [0.29, 0.717) is 17.9 Å². The Kier molecular flexibility index (Phi) is 10.4. The highest BCUT2D eigenvalue weighted by Gasteiger charge is 2.32. The van der Waals surface area contributed by atoms with Crippen LogP contribution in [0.15, 0.2) is 83.8 Å². The lowest BCUT2D eigenvalue weighted by Gasteiger charge is -2.32. The van der Waals surface area contributed by atoms with Crippen LogP contribution in [0, 0.1) is 5.82 Å². The van der Waals surface area contributed by atoms with Crippen LogP contribution in [0.1, 0.15) is 32.3 Å². The van der Waals surface area contributed by atoms with Crippen LogP contribution in [0.3, 0.4) is 0 Å². The molecule has 0 unspecified atom stereocenters. The van der Waals surface area contributed by atoms with Gasteiger partial charge in [0, 0.05) is 19.2 Å². The van der Waals surface area contributed by atoms with Crippen molar-refractivity contribution < 1.29 is 27.1 Å². The summed E-state index contributed by atoms with van der Waals surface area (Å²) in [5.41, 5.74) is 0.824. The number of anilines is 1. The molecule has 0 saturated heterocycles. The highest BCUT2D eigenvalue weighted by Crippen LogP contribution is 2.27. The summed E-state index contributed by atoms with van der Waals surface area (Å²) in [6.45, 7) is 3.46. The maximum Gasteiger partial charge on any atom is 0.264 e. The van der Waals surface area contributed by atoms with E-state index in [9.17, 15) is 22.4 Å². The maximum absolute atomic E-state index is 13.8. The van der Waals surface area contributed by atoms with Gasteiger partial charge in [0.1, 0.15) is 24.2 Å². The Morgan fingerprint density at radius 1 is 1.00 bits per heavy atom. The molecule has 1 N–H and O–H groups in total. The third-order valence-corrected chi connectivity index (χ3v) is 8.00. The standard InChI is InChI=1S/C29H34FN3O5S/c1-4-5-18-31-29(35)22(2)32(20-23-14-16-24(30)17-15-23)28(34)21-33(25-10-9-11-26(19-25)38-3)39(36,37)27-12-7-6-8-13-27/h6-17,19,22H,4-5,18,20-21H2,1-3H3,(H,31,35)/t22-/m1/s1. The van der Waals surface area contributed by atoms with Gasteiger partial charge in [-0.1, -0.05) is 49.7 Å². The van der Waals surface area contributed by atoms with Crippen molar-refractivity contribution in [3.8, 4) is 5.75 Å². The number of amides is 2. The minimum atomic E-state index is -4.17. The van der Waals surface area contributed by atoms with E-state index >= 15 is 0 Å². The molecule has 39 heavy (non-hydrogen) atoms. The van der Waals surface area contributed by atoms with Crippen LogP contribution >= 0.6 is 0 Å². The molecule has 0 aliphatic rings. The van der Waals surface area contributed by atoms with Gasteiger partial charge in [-0.05, 0) is 55.3 Å². The number of unbranched alkanes of at least 4 members (excludes halogenated alkanes) is 1.